The van der Waals surface area contributed by atoms with Gasteiger partial charge in [0.25, 0.3) is 0 Å². The lowest BCUT2D eigenvalue weighted by Crippen LogP contribution is -2.36. The predicted octanol–water partition coefficient (Wildman–Crippen LogP) is 2.29. The van der Waals surface area contributed by atoms with Gasteiger partial charge in [0, 0.05) is 12.3 Å². The van der Waals surface area contributed by atoms with Gasteiger partial charge in [0.05, 0.1) is 12.2 Å². The second-order valence-electron chi connectivity index (χ2n) is 6.13. The van der Waals surface area contributed by atoms with E-state index in [-0.39, 0.29) is 24.0 Å². The van der Waals surface area contributed by atoms with E-state index in [2.05, 4.69) is 6.92 Å². The van der Waals surface area contributed by atoms with Crippen molar-refractivity contribution >= 4 is 5.78 Å². The standard InChI is InChI=1S/C15H26O3/c1-2-3-4-5-10(16)6-7-11-12-8-15(18)13(12)9-14(11)17/h10-14,16-17H,2-9H2,1H3. The minimum Gasteiger partial charge on any atom is -0.393 e. The number of fused-ring (bicyclic) bond motifs is 1. The minimum atomic E-state index is -0.311. The van der Waals surface area contributed by atoms with Gasteiger partial charge in [0.15, 0.2) is 0 Å². The van der Waals surface area contributed by atoms with E-state index in [0.717, 1.165) is 25.7 Å². The summed E-state index contributed by atoms with van der Waals surface area (Å²) in [6.07, 6.45) is 6.79. The average molecular weight is 254 g/mol. The van der Waals surface area contributed by atoms with Crippen LogP contribution in [0.2, 0.25) is 0 Å². The maximum atomic E-state index is 11.4. The van der Waals surface area contributed by atoms with Crippen molar-refractivity contribution in [2.24, 2.45) is 17.8 Å². The van der Waals surface area contributed by atoms with Crippen LogP contribution in [0.25, 0.3) is 0 Å². The molecule has 0 bridgehead atoms. The van der Waals surface area contributed by atoms with Crippen LogP contribution in [0.3, 0.4) is 0 Å². The fourth-order valence-corrected chi connectivity index (χ4v) is 3.65. The topological polar surface area (TPSA) is 57.5 Å². The number of rotatable bonds is 7. The van der Waals surface area contributed by atoms with Gasteiger partial charge < -0.3 is 10.2 Å². The maximum Gasteiger partial charge on any atom is 0.136 e. The Kier molecular flexibility index (Phi) is 4.79. The van der Waals surface area contributed by atoms with Gasteiger partial charge >= 0.3 is 0 Å². The van der Waals surface area contributed by atoms with Crippen molar-refractivity contribution < 1.29 is 15.0 Å². The third kappa shape index (κ3) is 2.94. The third-order valence-corrected chi connectivity index (χ3v) is 4.88. The van der Waals surface area contributed by atoms with Crippen LogP contribution in [0.5, 0.6) is 0 Å². The van der Waals surface area contributed by atoms with Crippen molar-refractivity contribution in [3.8, 4) is 0 Å². The predicted molar refractivity (Wildman–Crippen MR) is 70.1 cm³/mol. The molecule has 3 nitrogen and oxygen atoms in total. The molecule has 2 saturated carbocycles. The highest BCUT2D eigenvalue weighted by Crippen LogP contribution is 2.49. The largest absolute Gasteiger partial charge is 0.393 e. The Hall–Kier alpha value is -0.410. The lowest BCUT2D eigenvalue weighted by atomic mass is 9.70. The second kappa shape index (κ2) is 6.16. The van der Waals surface area contributed by atoms with Gasteiger partial charge in [-0.2, -0.15) is 0 Å². The first kappa shape index (κ1) is 14.0. The summed E-state index contributed by atoms with van der Waals surface area (Å²) in [4.78, 5) is 11.4. The van der Waals surface area contributed by atoms with Gasteiger partial charge in [-0.3, -0.25) is 4.79 Å². The molecule has 2 aliphatic carbocycles. The van der Waals surface area contributed by atoms with Crippen LogP contribution >= 0.6 is 0 Å². The zero-order valence-electron chi connectivity index (χ0n) is 11.3. The molecule has 5 unspecified atom stereocenters. The Morgan fingerprint density at radius 1 is 1.33 bits per heavy atom. The molecule has 0 aliphatic heterocycles. The summed E-state index contributed by atoms with van der Waals surface area (Å²) >= 11 is 0. The molecule has 2 N–H and O–H groups in total. The van der Waals surface area contributed by atoms with Gasteiger partial charge in [-0.25, -0.2) is 0 Å². The number of Topliss-reactive ketones (excluding diaryl/α,β-unsaturated/α-hetero) is 1. The fourth-order valence-electron chi connectivity index (χ4n) is 3.65. The molecule has 104 valence electrons. The maximum absolute atomic E-state index is 11.4. The minimum absolute atomic E-state index is 0.141. The van der Waals surface area contributed by atoms with Crippen LogP contribution < -0.4 is 0 Å². The van der Waals surface area contributed by atoms with Gasteiger partial charge in [0.1, 0.15) is 5.78 Å². The first-order chi connectivity index (χ1) is 8.63. The Bertz CT molecular complexity index is 289. The molecule has 2 aliphatic rings. The van der Waals surface area contributed by atoms with Crippen LogP contribution in [0, 0.1) is 17.8 Å². The molecule has 0 saturated heterocycles. The van der Waals surface area contributed by atoms with E-state index >= 15 is 0 Å². The molecule has 0 aromatic carbocycles. The highest BCUT2D eigenvalue weighted by molar-refractivity contribution is 5.88. The van der Waals surface area contributed by atoms with Gasteiger partial charge in [-0.15, -0.1) is 0 Å². The third-order valence-electron chi connectivity index (χ3n) is 4.88. The zero-order valence-corrected chi connectivity index (χ0v) is 11.3. The van der Waals surface area contributed by atoms with E-state index in [4.69, 9.17) is 0 Å². The molecular weight excluding hydrogens is 228 g/mol. The highest BCUT2D eigenvalue weighted by Gasteiger charge is 2.52. The number of hydrogen-bond acceptors (Lipinski definition) is 3. The summed E-state index contributed by atoms with van der Waals surface area (Å²) in [5.74, 6) is 1.15. The Morgan fingerprint density at radius 3 is 2.72 bits per heavy atom. The van der Waals surface area contributed by atoms with E-state index in [1.807, 2.05) is 0 Å². The smallest absolute Gasteiger partial charge is 0.136 e. The first-order valence-electron chi connectivity index (χ1n) is 7.52. The molecule has 2 fully saturated rings. The van der Waals surface area contributed by atoms with Crippen LogP contribution in [-0.2, 0) is 4.79 Å². The molecule has 0 radical (unpaired) electrons. The molecular formula is C15H26O3. The van der Waals surface area contributed by atoms with Crippen LogP contribution in [0.4, 0.5) is 0 Å². The van der Waals surface area contributed by atoms with Crippen molar-refractivity contribution in [3.05, 3.63) is 0 Å². The number of carbonyl (C=O) groups excluding carboxylic acids is 1. The van der Waals surface area contributed by atoms with Crippen molar-refractivity contribution in [1.29, 1.82) is 0 Å². The summed E-state index contributed by atoms with van der Waals surface area (Å²) in [5.41, 5.74) is 0. The molecule has 2 rings (SSSR count). The fraction of sp³-hybridized carbons (Fsp3) is 0.933. The highest BCUT2D eigenvalue weighted by atomic mass is 16.3. The van der Waals surface area contributed by atoms with Crippen LogP contribution in [-0.4, -0.2) is 28.2 Å². The quantitative estimate of drug-likeness (QED) is 0.685. The number of hydrogen-bond donors (Lipinski definition) is 2. The van der Waals surface area contributed by atoms with Crippen LogP contribution in [0.15, 0.2) is 0 Å². The number of aliphatic hydroxyl groups is 2. The van der Waals surface area contributed by atoms with Crippen LogP contribution in [0.1, 0.15) is 58.3 Å². The average Bonchev–Trinajstić information content (AvgIpc) is 2.59. The molecule has 0 aromatic rings. The summed E-state index contributed by atoms with van der Waals surface area (Å²) in [7, 11) is 0. The molecule has 18 heavy (non-hydrogen) atoms. The van der Waals surface area contributed by atoms with E-state index in [0.29, 0.717) is 24.5 Å². The van der Waals surface area contributed by atoms with E-state index in [1.165, 1.54) is 12.8 Å². The van der Waals surface area contributed by atoms with E-state index in [9.17, 15) is 15.0 Å². The molecule has 0 spiro atoms. The molecule has 0 aromatic heterocycles. The Balaban J connectivity index is 1.68. The normalized spacial score (nSPS) is 36.3. The van der Waals surface area contributed by atoms with E-state index < -0.39 is 0 Å². The molecule has 3 heteroatoms. The summed E-state index contributed by atoms with van der Waals surface area (Å²) in [6, 6.07) is 0. The van der Waals surface area contributed by atoms with Crippen molar-refractivity contribution in [2.45, 2.75) is 70.5 Å². The number of carbonyl (C=O) groups is 1. The number of ketones is 1. The SMILES string of the molecule is CCCCCC(O)CCC1C(O)CC2C(=O)CC21. The zero-order chi connectivity index (χ0) is 13.1. The first-order valence-corrected chi connectivity index (χ1v) is 7.52. The monoisotopic (exact) mass is 254 g/mol. The molecule has 0 amide bonds. The Morgan fingerprint density at radius 2 is 2.11 bits per heavy atom. The number of aliphatic hydroxyl groups excluding tert-OH is 2. The van der Waals surface area contributed by atoms with Gasteiger partial charge in [-0.1, -0.05) is 26.2 Å². The van der Waals surface area contributed by atoms with Crippen molar-refractivity contribution in [1.82, 2.24) is 0 Å². The Labute approximate surface area is 110 Å². The van der Waals surface area contributed by atoms with Crippen molar-refractivity contribution in [3.63, 3.8) is 0 Å². The van der Waals surface area contributed by atoms with Crippen molar-refractivity contribution in [2.75, 3.05) is 0 Å². The van der Waals surface area contributed by atoms with Gasteiger partial charge in [0.2, 0.25) is 0 Å². The number of unbranched alkanes of at least 4 members (excludes halogenated alkanes) is 2. The second-order valence-corrected chi connectivity index (χ2v) is 6.13. The summed E-state index contributed by atoms with van der Waals surface area (Å²) < 4.78 is 0. The molecule has 5 atom stereocenters. The summed E-state index contributed by atoms with van der Waals surface area (Å²) in [5, 5.41) is 19.9. The molecule has 0 heterocycles. The summed E-state index contributed by atoms with van der Waals surface area (Å²) in [6.45, 7) is 2.16. The lowest BCUT2D eigenvalue weighted by Gasteiger charge is -2.32. The lowest BCUT2D eigenvalue weighted by molar-refractivity contribution is -0.133. The van der Waals surface area contributed by atoms with Gasteiger partial charge in [-0.05, 0) is 37.5 Å². The van der Waals surface area contributed by atoms with E-state index in [1.54, 1.807) is 0 Å².